The maximum atomic E-state index is 13.6. The Bertz CT molecular complexity index is 939. The number of aromatic nitrogens is 2. The van der Waals surface area contributed by atoms with Crippen molar-refractivity contribution in [3.63, 3.8) is 0 Å². The van der Waals surface area contributed by atoms with Gasteiger partial charge in [-0.05, 0) is 36.4 Å². The Labute approximate surface area is 175 Å². The van der Waals surface area contributed by atoms with Crippen molar-refractivity contribution in [1.82, 2.24) is 10.2 Å². The molecule has 1 amide bonds. The van der Waals surface area contributed by atoms with Gasteiger partial charge in [-0.15, -0.1) is 0 Å². The Balaban J connectivity index is 0.000000673. The number of hydrogen-bond acceptors (Lipinski definition) is 4. The van der Waals surface area contributed by atoms with Crippen LogP contribution in [0.15, 0.2) is 42.5 Å². The van der Waals surface area contributed by atoms with Crippen LogP contribution in [0.3, 0.4) is 0 Å². The molecule has 0 saturated heterocycles. The summed E-state index contributed by atoms with van der Waals surface area (Å²) in [4.78, 5) is 11.4. The lowest BCUT2D eigenvalue weighted by atomic mass is 10.1. The molecule has 3 aromatic rings. The molecular weight excluding hydrogens is 390 g/mol. The Morgan fingerprint density at radius 1 is 1.07 bits per heavy atom. The first kappa shape index (κ1) is 24.6. The molecule has 0 saturated carbocycles. The van der Waals surface area contributed by atoms with Gasteiger partial charge >= 0.3 is 0 Å². The standard InChI is InChI=1S/C16H12F2N4O2.C4H10.C2H6/c17-9-3-6-12(11(18)7-9)24-10-4-1-8(2-5-10)14-13(16(20)23)15(19)22-21-14;1-3-4-2;1-2/h1-7H,(H2,20,23)(H3,19,21,22);3-4H2,1-2H3;1-2H3. The van der Waals surface area contributed by atoms with Crippen LogP contribution in [0.1, 0.15) is 50.9 Å². The number of rotatable bonds is 5. The molecule has 0 aliphatic carbocycles. The van der Waals surface area contributed by atoms with Crippen LogP contribution in [0.2, 0.25) is 0 Å². The van der Waals surface area contributed by atoms with E-state index >= 15 is 0 Å². The smallest absolute Gasteiger partial charge is 0.254 e. The zero-order valence-corrected chi connectivity index (χ0v) is 17.6. The summed E-state index contributed by atoms with van der Waals surface area (Å²) in [6.45, 7) is 8.36. The number of ether oxygens (including phenoxy) is 1. The largest absolute Gasteiger partial charge is 0.454 e. The van der Waals surface area contributed by atoms with E-state index < -0.39 is 17.5 Å². The van der Waals surface area contributed by atoms with Gasteiger partial charge in [0.05, 0.1) is 5.69 Å². The number of anilines is 1. The minimum absolute atomic E-state index is 0.00575. The number of halogens is 2. The molecule has 0 fully saturated rings. The predicted molar refractivity (Wildman–Crippen MR) is 115 cm³/mol. The van der Waals surface area contributed by atoms with E-state index in [-0.39, 0.29) is 17.1 Å². The van der Waals surface area contributed by atoms with Gasteiger partial charge in [0.25, 0.3) is 5.91 Å². The zero-order chi connectivity index (χ0) is 22.7. The normalized spacial score (nSPS) is 9.67. The second kappa shape index (κ2) is 12.2. The number of amides is 1. The molecule has 162 valence electrons. The third kappa shape index (κ3) is 6.58. The number of hydrogen-bond donors (Lipinski definition) is 3. The summed E-state index contributed by atoms with van der Waals surface area (Å²) in [6, 6.07) is 9.38. The molecule has 1 heterocycles. The molecule has 6 nitrogen and oxygen atoms in total. The number of carbonyl (C=O) groups is 1. The number of nitrogens with one attached hydrogen (secondary N) is 1. The quantitative estimate of drug-likeness (QED) is 0.497. The predicted octanol–water partition coefficient (Wildman–Crippen LogP) is 5.66. The van der Waals surface area contributed by atoms with Gasteiger partial charge in [-0.2, -0.15) is 5.10 Å². The van der Waals surface area contributed by atoms with Crippen molar-refractivity contribution < 1.29 is 18.3 Å². The van der Waals surface area contributed by atoms with E-state index in [0.29, 0.717) is 17.0 Å². The van der Waals surface area contributed by atoms with Crippen LogP contribution in [0.25, 0.3) is 11.3 Å². The minimum atomic E-state index is -0.809. The number of H-pyrrole nitrogens is 1. The van der Waals surface area contributed by atoms with Crippen molar-refractivity contribution in [3.8, 4) is 22.8 Å². The highest BCUT2D eigenvalue weighted by molar-refractivity contribution is 6.03. The van der Waals surface area contributed by atoms with E-state index in [4.69, 9.17) is 16.2 Å². The van der Waals surface area contributed by atoms with E-state index in [9.17, 15) is 13.6 Å². The first-order valence-corrected chi connectivity index (χ1v) is 9.74. The number of carbonyl (C=O) groups excluding carboxylic acids is 1. The molecule has 0 spiro atoms. The van der Waals surface area contributed by atoms with E-state index in [1.165, 1.54) is 18.9 Å². The molecule has 0 aliphatic heterocycles. The second-order valence-electron chi connectivity index (χ2n) is 5.92. The molecule has 0 aliphatic rings. The summed E-state index contributed by atoms with van der Waals surface area (Å²) < 4.78 is 31.8. The van der Waals surface area contributed by atoms with Crippen LogP contribution >= 0.6 is 0 Å². The molecule has 30 heavy (non-hydrogen) atoms. The Kier molecular flexibility index (Phi) is 10.0. The summed E-state index contributed by atoms with van der Waals surface area (Å²) in [6.07, 6.45) is 2.64. The van der Waals surface area contributed by atoms with Gasteiger partial charge in [-0.1, -0.05) is 40.5 Å². The second-order valence-corrected chi connectivity index (χ2v) is 5.92. The van der Waals surface area contributed by atoms with Crippen LogP contribution in [0.4, 0.5) is 14.6 Å². The topological polar surface area (TPSA) is 107 Å². The van der Waals surface area contributed by atoms with Gasteiger partial charge in [0.2, 0.25) is 0 Å². The Morgan fingerprint density at radius 2 is 1.67 bits per heavy atom. The molecule has 0 bridgehead atoms. The minimum Gasteiger partial charge on any atom is -0.454 e. The third-order valence-electron chi connectivity index (χ3n) is 3.81. The van der Waals surface area contributed by atoms with Crippen molar-refractivity contribution in [2.45, 2.75) is 40.5 Å². The van der Waals surface area contributed by atoms with Crippen LogP contribution in [0, 0.1) is 11.6 Å². The number of nitrogens with zero attached hydrogens (tertiary/aromatic N) is 1. The first-order valence-electron chi connectivity index (χ1n) is 9.74. The highest BCUT2D eigenvalue weighted by atomic mass is 19.1. The molecule has 1 aromatic heterocycles. The van der Waals surface area contributed by atoms with Crippen LogP contribution in [-0.2, 0) is 0 Å². The SMILES string of the molecule is CC.CCCC.NC(=O)c1c(N)n[nH]c1-c1ccc(Oc2ccc(F)cc2F)cc1. The summed E-state index contributed by atoms with van der Waals surface area (Å²) in [7, 11) is 0. The number of nitrogens with two attached hydrogens (primary N) is 2. The van der Waals surface area contributed by atoms with E-state index in [2.05, 4.69) is 24.0 Å². The summed E-state index contributed by atoms with van der Waals surface area (Å²) in [5.41, 5.74) is 11.9. The van der Waals surface area contributed by atoms with Crippen molar-refractivity contribution in [2.24, 2.45) is 5.73 Å². The lowest BCUT2D eigenvalue weighted by Crippen LogP contribution is -2.13. The molecule has 0 atom stereocenters. The maximum Gasteiger partial charge on any atom is 0.254 e. The van der Waals surface area contributed by atoms with Crippen molar-refractivity contribution in [1.29, 1.82) is 0 Å². The van der Waals surface area contributed by atoms with Gasteiger partial charge in [0.1, 0.15) is 17.1 Å². The number of benzene rings is 2. The lowest BCUT2D eigenvalue weighted by molar-refractivity contribution is 0.100. The van der Waals surface area contributed by atoms with Crippen LogP contribution < -0.4 is 16.2 Å². The summed E-state index contributed by atoms with van der Waals surface area (Å²) >= 11 is 0. The van der Waals surface area contributed by atoms with Gasteiger partial charge in [0.15, 0.2) is 17.4 Å². The van der Waals surface area contributed by atoms with Crippen molar-refractivity contribution in [3.05, 3.63) is 59.7 Å². The van der Waals surface area contributed by atoms with Crippen LogP contribution in [-0.4, -0.2) is 16.1 Å². The molecule has 0 unspecified atom stereocenters. The fourth-order valence-electron chi connectivity index (χ4n) is 2.19. The highest BCUT2D eigenvalue weighted by Gasteiger charge is 2.17. The number of unbranched alkanes of at least 4 members (excludes halogenated alkanes) is 1. The Hall–Kier alpha value is -3.42. The van der Waals surface area contributed by atoms with Gasteiger partial charge in [0, 0.05) is 11.6 Å². The molecule has 0 radical (unpaired) electrons. The van der Waals surface area contributed by atoms with E-state index in [1.54, 1.807) is 24.3 Å². The monoisotopic (exact) mass is 418 g/mol. The maximum absolute atomic E-state index is 13.6. The van der Waals surface area contributed by atoms with Gasteiger partial charge in [-0.3, -0.25) is 9.89 Å². The van der Waals surface area contributed by atoms with E-state index in [1.807, 2.05) is 13.8 Å². The fraction of sp³-hybridized carbons (Fsp3) is 0.273. The Morgan fingerprint density at radius 3 is 2.17 bits per heavy atom. The van der Waals surface area contributed by atoms with Crippen molar-refractivity contribution in [2.75, 3.05) is 5.73 Å². The van der Waals surface area contributed by atoms with Crippen molar-refractivity contribution >= 4 is 11.7 Å². The average molecular weight is 418 g/mol. The van der Waals surface area contributed by atoms with E-state index in [0.717, 1.165) is 12.1 Å². The number of primary amides is 1. The molecular formula is C22H28F2N4O2. The van der Waals surface area contributed by atoms with Gasteiger partial charge < -0.3 is 16.2 Å². The molecule has 3 rings (SSSR count). The number of aromatic amines is 1. The third-order valence-corrected chi connectivity index (χ3v) is 3.81. The molecule has 5 N–H and O–H groups in total. The summed E-state index contributed by atoms with van der Waals surface area (Å²) in [5.74, 6) is -1.97. The van der Waals surface area contributed by atoms with Gasteiger partial charge in [-0.25, -0.2) is 8.78 Å². The highest BCUT2D eigenvalue weighted by Crippen LogP contribution is 2.29. The number of nitrogen functional groups attached to an aromatic ring is 1. The van der Waals surface area contributed by atoms with Crippen LogP contribution in [0.5, 0.6) is 11.5 Å². The lowest BCUT2D eigenvalue weighted by Gasteiger charge is -2.08. The zero-order valence-electron chi connectivity index (χ0n) is 17.6. The first-order chi connectivity index (χ1) is 14.4. The molecule has 2 aromatic carbocycles. The summed E-state index contributed by atoms with van der Waals surface area (Å²) in [5, 5.41) is 6.40. The fourth-order valence-corrected chi connectivity index (χ4v) is 2.19. The molecule has 8 heteroatoms. The average Bonchev–Trinajstić information content (AvgIpc) is 3.14.